The molecule has 0 bridgehead atoms. The number of nitrogens with zero attached hydrogens (tertiary/aromatic N) is 6. The van der Waals surface area contributed by atoms with Gasteiger partial charge in [-0.15, -0.1) is 5.10 Å². The predicted octanol–water partition coefficient (Wildman–Crippen LogP) is 4.81. The molecule has 234 valence electrons. The monoisotopic (exact) mass is 611 g/mol. The maximum absolute atomic E-state index is 6.18. The van der Waals surface area contributed by atoms with Crippen molar-refractivity contribution in [1.82, 2.24) is 29.9 Å². The van der Waals surface area contributed by atoms with Gasteiger partial charge in [-0.3, -0.25) is 4.90 Å². The zero-order valence-corrected chi connectivity index (χ0v) is 25.7. The normalized spacial score (nSPS) is 13.5. The van der Waals surface area contributed by atoms with Gasteiger partial charge in [-0.05, 0) is 42.3 Å². The summed E-state index contributed by atoms with van der Waals surface area (Å²) in [6, 6.07) is 17.5. The van der Waals surface area contributed by atoms with Crippen LogP contribution in [-0.4, -0.2) is 90.6 Å². The van der Waals surface area contributed by atoms with Crippen molar-refractivity contribution >= 4 is 22.4 Å². The van der Waals surface area contributed by atoms with Crippen LogP contribution in [0, 0.1) is 0 Å². The third-order valence-corrected chi connectivity index (χ3v) is 7.62. The van der Waals surface area contributed by atoms with Gasteiger partial charge < -0.3 is 29.0 Å². The number of anilines is 2. The molecule has 1 aliphatic rings. The molecule has 1 N–H and O–H groups in total. The number of aromatic nitrogens is 5. The van der Waals surface area contributed by atoms with Crippen LogP contribution < -0.4 is 24.3 Å². The average molecular weight is 612 g/mol. The van der Waals surface area contributed by atoms with Crippen LogP contribution in [0.3, 0.4) is 0 Å². The van der Waals surface area contributed by atoms with E-state index in [1.54, 1.807) is 26.0 Å². The fourth-order valence-corrected chi connectivity index (χ4v) is 5.28. The van der Waals surface area contributed by atoms with E-state index in [1.165, 1.54) is 6.33 Å². The van der Waals surface area contributed by atoms with Gasteiger partial charge in [-0.2, -0.15) is 0 Å². The van der Waals surface area contributed by atoms with Crippen LogP contribution in [0.1, 0.15) is 12.0 Å². The molecule has 1 fully saturated rings. The van der Waals surface area contributed by atoms with Crippen LogP contribution in [0.15, 0.2) is 67.1 Å². The van der Waals surface area contributed by atoms with Crippen molar-refractivity contribution in [2.45, 2.75) is 13.0 Å². The van der Waals surface area contributed by atoms with E-state index in [9.17, 15) is 0 Å². The Hall–Kier alpha value is -4.94. The molecular formula is C33H37N7O5. The lowest BCUT2D eigenvalue weighted by atomic mass is 10.1. The highest BCUT2D eigenvalue weighted by Crippen LogP contribution is 2.35. The SMILES string of the molecule is COc1cc(Cn2cc(-c3cccc(Nc4ncnc5cc(OC)c(OCCCN6CCOCC6)cc45)c3)nn2)cc(OC)c1. The van der Waals surface area contributed by atoms with Crippen molar-refractivity contribution in [1.29, 1.82) is 0 Å². The van der Waals surface area contributed by atoms with Crippen LogP contribution in [0.2, 0.25) is 0 Å². The molecule has 5 aromatic rings. The van der Waals surface area contributed by atoms with E-state index in [4.69, 9.17) is 23.7 Å². The van der Waals surface area contributed by atoms with E-state index in [0.717, 1.165) is 84.2 Å². The first-order valence-corrected chi connectivity index (χ1v) is 14.9. The molecule has 0 radical (unpaired) electrons. The number of benzene rings is 3. The number of hydrogen-bond donors (Lipinski definition) is 1. The Morgan fingerprint density at radius 1 is 0.889 bits per heavy atom. The molecule has 6 rings (SSSR count). The molecule has 1 aliphatic heterocycles. The average Bonchev–Trinajstić information content (AvgIpc) is 3.55. The molecule has 3 heterocycles. The standard InChI is InChI=1S/C33H37N7O5/c1-41-26-14-23(15-27(17-26)42-2)20-40-21-30(37-38-40)24-6-4-7-25(16-24)36-33-28-18-32(31(43-3)19-29(28)34-22-35-33)45-11-5-8-39-9-12-44-13-10-39/h4,6-7,14-19,21-22H,5,8-13,20H2,1-3H3,(H,34,35,36). The first-order valence-electron chi connectivity index (χ1n) is 14.9. The highest BCUT2D eigenvalue weighted by molar-refractivity contribution is 5.93. The van der Waals surface area contributed by atoms with Crippen molar-refractivity contribution in [3.8, 4) is 34.3 Å². The van der Waals surface area contributed by atoms with E-state index in [2.05, 4.69) is 30.5 Å². The third kappa shape index (κ3) is 7.41. The number of ether oxygens (including phenoxy) is 5. The van der Waals surface area contributed by atoms with E-state index < -0.39 is 0 Å². The fraction of sp³-hybridized carbons (Fsp3) is 0.333. The molecule has 1 saturated heterocycles. The summed E-state index contributed by atoms with van der Waals surface area (Å²) in [5.74, 6) is 3.40. The predicted molar refractivity (Wildman–Crippen MR) is 171 cm³/mol. The molecule has 0 saturated carbocycles. The van der Waals surface area contributed by atoms with Crippen LogP contribution >= 0.6 is 0 Å². The first-order chi connectivity index (χ1) is 22.1. The van der Waals surface area contributed by atoms with Crippen molar-refractivity contribution in [3.63, 3.8) is 0 Å². The van der Waals surface area contributed by atoms with Gasteiger partial charge in [-0.1, -0.05) is 17.3 Å². The molecule has 0 spiro atoms. The van der Waals surface area contributed by atoms with Gasteiger partial charge in [0.1, 0.15) is 29.3 Å². The number of fused-ring (bicyclic) bond motifs is 1. The van der Waals surface area contributed by atoms with E-state index >= 15 is 0 Å². The molecule has 3 aromatic carbocycles. The molecule has 0 atom stereocenters. The smallest absolute Gasteiger partial charge is 0.162 e. The third-order valence-electron chi connectivity index (χ3n) is 7.62. The van der Waals surface area contributed by atoms with Gasteiger partial charge >= 0.3 is 0 Å². The summed E-state index contributed by atoms with van der Waals surface area (Å²) < 4.78 is 29.8. The highest BCUT2D eigenvalue weighted by atomic mass is 16.5. The molecule has 0 amide bonds. The Bertz CT molecular complexity index is 1720. The zero-order chi connectivity index (χ0) is 31.0. The van der Waals surface area contributed by atoms with Crippen molar-refractivity contribution in [2.24, 2.45) is 0 Å². The quantitative estimate of drug-likeness (QED) is 0.185. The maximum atomic E-state index is 6.18. The summed E-state index contributed by atoms with van der Waals surface area (Å²) in [6.45, 7) is 5.57. The van der Waals surface area contributed by atoms with Gasteiger partial charge in [0.2, 0.25) is 0 Å². The number of morpholine rings is 1. The topological polar surface area (TPSA) is 118 Å². The van der Waals surface area contributed by atoms with E-state index in [-0.39, 0.29) is 0 Å². The van der Waals surface area contributed by atoms with Gasteiger partial charge in [-0.25, -0.2) is 14.6 Å². The molecule has 12 heteroatoms. The summed E-state index contributed by atoms with van der Waals surface area (Å²) in [5.41, 5.74) is 4.25. The van der Waals surface area contributed by atoms with Gasteiger partial charge in [0.15, 0.2) is 11.5 Å². The Morgan fingerprint density at radius 2 is 1.71 bits per heavy atom. The molecule has 0 unspecified atom stereocenters. The van der Waals surface area contributed by atoms with Crippen LogP contribution in [-0.2, 0) is 11.3 Å². The number of rotatable bonds is 13. The number of methoxy groups -OCH3 is 3. The van der Waals surface area contributed by atoms with E-state index in [0.29, 0.717) is 30.5 Å². The van der Waals surface area contributed by atoms with Crippen molar-refractivity contribution in [2.75, 3.05) is 66.1 Å². The largest absolute Gasteiger partial charge is 0.497 e. The Balaban J connectivity index is 1.17. The van der Waals surface area contributed by atoms with Gasteiger partial charge in [0, 0.05) is 48.4 Å². The summed E-state index contributed by atoms with van der Waals surface area (Å²) in [5, 5.41) is 13.0. The van der Waals surface area contributed by atoms with Crippen molar-refractivity contribution in [3.05, 3.63) is 72.7 Å². The Labute approximate surface area is 261 Å². The maximum Gasteiger partial charge on any atom is 0.162 e. The van der Waals surface area contributed by atoms with Gasteiger partial charge in [0.05, 0.1) is 59.4 Å². The Morgan fingerprint density at radius 3 is 2.49 bits per heavy atom. The van der Waals surface area contributed by atoms with Crippen LogP contribution in [0.4, 0.5) is 11.5 Å². The Kier molecular flexibility index (Phi) is 9.52. The molecular weight excluding hydrogens is 574 g/mol. The second-order valence-electron chi connectivity index (χ2n) is 10.6. The molecule has 45 heavy (non-hydrogen) atoms. The zero-order valence-electron chi connectivity index (χ0n) is 25.7. The fourth-order valence-electron chi connectivity index (χ4n) is 5.28. The molecule has 12 nitrogen and oxygen atoms in total. The minimum absolute atomic E-state index is 0.520. The lowest BCUT2D eigenvalue weighted by molar-refractivity contribution is 0.0357. The second-order valence-corrected chi connectivity index (χ2v) is 10.6. The minimum Gasteiger partial charge on any atom is -0.497 e. The lowest BCUT2D eigenvalue weighted by Gasteiger charge is -2.26. The van der Waals surface area contributed by atoms with Crippen LogP contribution in [0.5, 0.6) is 23.0 Å². The van der Waals surface area contributed by atoms with E-state index in [1.807, 2.05) is 60.8 Å². The molecule has 0 aliphatic carbocycles. The highest BCUT2D eigenvalue weighted by Gasteiger charge is 2.14. The molecule has 2 aromatic heterocycles. The van der Waals surface area contributed by atoms with Crippen molar-refractivity contribution < 1.29 is 23.7 Å². The first kappa shape index (κ1) is 30.1. The summed E-state index contributed by atoms with van der Waals surface area (Å²) >= 11 is 0. The number of nitrogens with one attached hydrogen (secondary N) is 1. The number of hydrogen-bond acceptors (Lipinski definition) is 11. The minimum atomic E-state index is 0.520. The summed E-state index contributed by atoms with van der Waals surface area (Å²) in [6.07, 6.45) is 4.36. The van der Waals surface area contributed by atoms with Crippen LogP contribution in [0.25, 0.3) is 22.2 Å². The summed E-state index contributed by atoms with van der Waals surface area (Å²) in [4.78, 5) is 11.4. The summed E-state index contributed by atoms with van der Waals surface area (Å²) in [7, 11) is 4.91. The second kappa shape index (κ2) is 14.2. The lowest BCUT2D eigenvalue weighted by Crippen LogP contribution is -2.37. The van der Waals surface area contributed by atoms with Gasteiger partial charge in [0.25, 0.3) is 0 Å².